The van der Waals surface area contributed by atoms with Gasteiger partial charge in [0.2, 0.25) is 5.91 Å². The minimum absolute atomic E-state index is 0.204. The zero-order valence-electron chi connectivity index (χ0n) is 15.9. The minimum Gasteiger partial charge on any atom is -0.493 e. The molecule has 0 atom stereocenters. The molecule has 0 bridgehead atoms. The molecule has 0 aliphatic heterocycles. The van der Waals surface area contributed by atoms with Crippen molar-refractivity contribution in [3.8, 4) is 11.5 Å². The highest BCUT2D eigenvalue weighted by atomic mass is 79.9. The maximum Gasteiger partial charge on any atom is 0.344 e. The topological polar surface area (TPSA) is 86.2 Å². The number of methoxy groups -OCH3 is 1. The van der Waals surface area contributed by atoms with Crippen LogP contribution in [0.1, 0.15) is 18.1 Å². The van der Waals surface area contributed by atoms with E-state index in [-0.39, 0.29) is 36.3 Å². The highest BCUT2D eigenvalue weighted by Gasteiger charge is 2.14. The van der Waals surface area contributed by atoms with Crippen molar-refractivity contribution in [3.63, 3.8) is 0 Å². The highest BCUT2D eigenvalue weighted by molar-refractivity contribution is 9.10. The molecule has 0 saturated carbocycles. The summed E-state index contributed by atoms with van der Waals surface area (Å²) in [5.41, 5.74) is 3.91. The second-order valence-electron chi connectivity index (χ2n) is 5.72. The molecule has 0 heterocycles. The molecular weight excluding hydrogens is 464 g/mol. The van der Waals surface area contributed by atoms with Crippen LogP contribution < -0.4 is 14.9 Å². The number of esters is 1. The smallest absolute Gasteiger partial charge is 0.344 e. The molecule has 0 aliphatic rings. The Morgan fingerprint density at radius 3 is 2.62 bits per heavy atom. The summed E-state index contributed by atoms with van der Waals surface area (Å²) in [6.07, 6.45) is 1.64. The van der Waals surface area contributed by atoms with Gasteiger partial charge in [-0.1, -0.05) is 39.7 Å². The molecule has 0 radical (unpaired) electrons. The van der Waals surface area contributed by atoms with E-state index in [4.69, 9.17) is 25.8 Å². The second-order valence-corrected chi connectivity index (χ2v) is 7.05. The average Bonchev–Trinajstić information content (AvgIpc) is 2.68. The van der Waals surface area contributed by atoms with E-state index in [1.54, 1.807) is 19.1 Å². The van der Waals surface area contributed by atoms with Crippen molar-refractivity contribution in [2.75, 3.05) is 20.3 Å². The molecule has 154 valence electrons. The summed E-state index contributed by atoms with van der Waals surface area (Å²) >= 11 is 9.57. The number of ether oxygens (including phenoxy) is 3. The maximum atomic E-state index is 12.0. The Morgan fingerprint density at radius 2 is 1.97 bits per heavy atom. The molecule has 2 rings (SSSR count). The number of nitrogens with one attached hydrogen (secondary N) is 1. The van der Waals surface area contributed by atoms with E-state index in [9.17, 15) is 9.59 Å². The number of hydrogen-bond donors (Lipinski definition) is 1. The molecule has 2 aromatic carbocycles. The van der Waals surface area contributed by atoms with Crippen molar-refractivity contribution in [1.82, 2.24) is 5.43 Å². The summed E-state index contributed by atoms with van der Waals surface area (Å²) in [4.78, 5) is 23.4. The fourth-order valence-corrected chi connectivity index (χ4v) is 2.83. The third kappa shape index (κ3) is 7.40. The van der Waals surface area contributed by atoms with Gasteiger partial charge in [0.05, 0.1) is 31.4 Å². The van der Waals surface area contributed by atoms with Gasteiger partial charge in [0.15, 0.2) is 18.1 Å². The van der Waals surface area contributed by atoms with Gasteiger partial charge < -0.3 is 14.2 Å². The fraction of sp³-hybridized carbons (Fsp3) is 0.250. The van der Waals surface area contributed by atoms with Crippen molar-refractivity contribution in [2.45, 2.75) is 13.3 Å². The van der Waals surface area contributed by atoms with Crippen LogP contribution in [0, 0.1) is 0 Å². The molecule has 0 aromatic heterocycles. The summed E-state index contributed by atoms with van der Waals surface area (Å²) in [7, 11) is 1.45. The number of benzene rings is 2. The van der Waals surface area contributed by atoms with Crippen molar-refractivity contribution < 1.29 is 23.8 Å². The van der Waals surface area contributed by atoms with Gasteiger partial charge in [0, 0.05) is 4.47 Å². The number of hydrogen-bond acceptors (Lipinski definition) is 6. The third-order valence-electron chi connectivity index (χ3n) is 3.57. The quantitative estimate of drug-likeness (QED) is 0.333. The van der Waals surface area contributed by atoms with Gasteiger partial charge in [-0.05, 0) is 42.3 Å². The SMILES string of the molecule is CCOC(=O)COc1c(Cl)cc(/C=N\NC(=O)Cc2ccc(Br)cc2)cc1OC. The van der Waals surface area contributed by atoms with E-state index < -0.39 is 5.97 Å². The zero-order valence-corrected chi connectivity index (χ0v) is 18.2. The van der Waals surface area contributed by atoms with E-state index >= 15 is 0 Å². The molecule has 7 nitrogen and oxygen atoms in total. The summed E-state index contributed by atoms with van der Waals surface area (Å²) in [5, 5.41) is 4.17. The van der Waals surface area contributed by atoms with Gasteiger partial charge in [0.1, 0.15) is 0 Å². The number of carbonyl (C=O) groups is 2. The van der Waals surface area contributed by atoms with Crippen molar-refractivity contribution in [2.24, 2.45) is 5.10 Å². The summed E-state index contributed by atoms with van der Waals surface area (Å²) in [5.74, 6) is -0.219. The lowest BCUT2D eigenvalue weighted by Crippen LogP contribution is -2.19. The van der Waals surface area contributed by atoms with E-state index in [0.717, 1.165) is 10.0 Å². The first kappa shape index (κ1) is 22.7. The number of rotatable bonds is 9. The van der Waals surface area contributed by atoms with E-state index in [0.29, 0.717) is 11.3 Å². The van der Waals surface area contributed by atoms with E-state index in [1.165, 1.54) is 13.3 Å². The van der Waals surface area contributed by atoms with Gasteiger partial charge in [-0.15, -0.1) is 0 Å². The Bertz CT molecular complexity index is 887. The Balaban J connectivity index is 1.99. The number of hydrazone groups is 1. The zero-order chi connectivity index (χ0) is 21.2. The highest BCUT2D eigenvalue weighted by Crippen LogP contribution is 2.36. The standard InChI is InChI=1S/C20H20BrClN2O5/c1-3-28-19(26)12-29-20-16(22)8-14(9-17(20)27-2)11-23-24-18(25)10-13-4-6-15(21)7-5-13/h4-9,11H,3,10,12H2,1-2H3,(H,24,25)/b23-11-. The fourth-order valence-electron chi connectivity index (χ4n) is 2.29. The molecule has 0 spiro atoms. The Kier molecular flexibility index (Phi) is 8.95. The Labute approximate surface area is 182 Å². The molecule has 1 N–H and O–H groups in total. The largest absolute Gasteiger partial charge is 0.493 e. The molecule has 0 aliphatic carbocycles. The summed E-state index contributed by atoms with van der Waals surface area (Å²) in [6, 6.07) is 10.6. The average molecular weight is 484 g/mol. The molecule has 0 saturated heterocycles. The summed E-state index contributed by atoms with van der Waals surface area (Å²) in [6.45, 7) is 1.68. The van der Waals surface area contributed by atoms with Crippen LogP contribution >= 0.6 is 27.5 Å². The number of halogens is 2. The minimum atomic E-state index is -0.509. The molecule has 2 aromatic rings. The van der Waals surface area contributed by atoms with Crippen LogP contribution in [0.4, 0.5) is 0 Å². The first-order chi connectivity index (χ1) is 13.9. The van der Waals surface area contributed by atoms with E-state index in [1.807, 2.05) is 24.3 Å². The monoisotopic (exact) mass is 482 g/mol. The molecule has 0 unspecified atom stereocenters. The van der Waals surface area contributed by atoms with Crippen molar-refractivity contribution in [1.29, 1.82) is 0 Å². The van der Waals surface area contributed by atoms with Crippen LogP contribution in [0.3, 0.4) is 0 Å². The van der Waals surface area contributed by atoms with Crippen LogP contribution in [0.5, 0.6) is 11.5 Å². The molecular formula is C20H20BrClN2O5. The van der Waals surface area contributed by atoms with Crippen LogP contribution in [0.15, 0.2) is 46.0 Å². The molecule has 0 fully saturated rings. The van der Waals surface area contributed by atoms with Crippen molar-refractivity contribution in [3.05, 3.63) is 57.0 Å². The number of carbonyl (C=O) groups excluding carboxylic acids is 2. The van der Waals surface area contributed by atoms with Crippen LogP contribution in [-0.2, 0) is 20.7 Å². The van der Waals surface area contributed by atoms with Gasteiger partial charge >= 0.3 is 5.97 Å². The van der Waals surface area contributed by atoms with Crippen LogP contribution in [0.2, 0.25) is 5.02 Å². The molecule has 1 amide bonds. The lowest BCUT2D eigenvalue weighted by molar-refractivity contribution is -0.145. The van der Waals surface area contributed by atoms with Gasteiger partial charge in [-0.25, -0.2) is 10.2 Å². The predicted molar refractivity (Wildman–Crippen MR) is 114 cm³/mol. The molecule has 9 heteroatoms. The Hall–Kier alpha value is -2.58. The number of nitrogens with zero attached hydrogens (tertiary/aromatic N) is 1. The van der Waals surface area contributed by atoms with Gasteiger partial charge in [0.25, 0.3) is 0 Å². The van der Waals surface area contributed by atoms with Gasteiger partial charge in [-0.2, -0.15) is 5.10 Å². The number of amides is 1. The second kappa shape index (κ2) is 11.4. The first-order valence-electron chi connectivity index (χ1n) is 8.65. The van der Waals surface area contributed by atoms with Gasteiger partial charge in [-0.3, -0.25) is 4.79 Å². The normalized spacial score (nSPS) is 10.6. The van der Waals surface area contributed by atoms with Crippen LogP contribution in [-0.4, -0.2) is 38.4 Å². The van der Waals surface area contributed by atoms with Crippen molar-refractivity contribution >= 4 is 45.6 Å². The van der Waals surface area contributed by atoms with Crippen LogP contribution in [0.25, 0.3) is 0 Å². The predicted octanol–water partition coefficient (Wildman–Crippen LogP) is 3.75. The third-order valence-corrected chi connectivity index (χ3v) is 4.38. The lowest BCUT2D eigenvalue weighted by atomic mass is 10.1. The maximum absolute atomic E-state index is 12.0. The molecule has 29 heavy (non-hydrogen) atoms. The lowest BCUT2D eigenvalue weighted by Gasteiger charge is -2.12. The Morgan fingerprint density at radius 1 is 1.24 bits per heavy atom. The van der Waals surface area contributed by atoms with E-state index in [2.05, 4.69) is 26.5 Å². The first-order valence-corrected chi connectivity index (χ1v) is 9.82. The summed E-state index contributed by atoms with van der Waals surface area (Å²) < 4.78 is 16.4.